The van der Waals surface area contributed by atoms with Gasteiger partial charge in [0.25, 0.3) is 10.1 Å². The maximum Gasteiger partial charge on any atom is 0.416 e. The second kappa shape index (κ2) is 5.39. The van der Waals surface area contributed by atoms with Crippen LogP contribution in [0.2, 0.25) is 0 Å². The van der Waals surface area contributed by atoms with Gasteiger partial charge < -0.3 is 11.1 Å². The molecule has 0 saturated carbocycles. The average Bonchev–Trinajstić information content (AvgIpc) is 2.35. The number of halogens is 3. The molecule has 2 atom stereocenters. The summed E-state index contributed by atoms with van der Waals surface area (Å²) in [6, 6.07) is 2.38. The zero-order chi connectivity index (χ0) is 16.8. The first-order valence-electron chi connectivity index (χ1n) is 6.66. The van der Waals surface area contributed by atoms with Gasteiger partial charge in [-0.3, -0.25) is 4.55 Å². The van der Waals surface area contributed by atoms with Crippen molar-refractivity contribution in [1.29, 1.82) is 0 Å². The van der Waals surface area contributed by atoms with Gasteiger partial charge in [0.05, 0.1) is 16.9 Å². The summed E-state index contributed by atoms with van der Waals surface area (Å²) >= 11 is 0. The molecule has 0 fully saturated rings. The zero-order valence-corrected chi connectivity index (χ0v) is 12.6. The molecule has 1 aromatic rings. The third-order valence-electron chi connectivity index (χ3n) is 3.92. The second-order valence-electron chi connectivity index (χ2n) is 5.60. The van der Waals surface area contributed by atoms with Gasteiger partial charge in [-0.15, -0.1) is 0 Å². The van der Waals surface area contributed by atoms with Gasteiger partial charge in [0.1, 0.15) is 0 Å². The molecule has 0 spiro atoms. The Morgan fingerprint density at radius 3 is 2.59 bits per heavy atom. The van der Waals surface area contributed by atoms with Crippen LogP contribution in [0.15, 0.2) is 18.2 Å². The van der Waals surface area contributed by atoms with Crippen molar-refractivity contribution in [3.8, 4) is 0 Å². The van der Waals surface area contributed by atoms with Gasteiger partial charge in [0.15, 0.2) is 0 Å². The van der Waals surface area contributed by atoms with Crippen LogP contribution >= 0.6 is 0 Å². The minimum Gasteiger partial charge on any atom is -0.378 e. The van der Waals surface area contributed by atoms with Gasteiger partial charge in [-0.05, 0) is 36.6 Å². The van der Waals surface area contributed by atoms with Gasteiger partial charge in [0, 0.05) is 11.7 Å². The Bertz CT molecular complexity index is 676. The minimum absolute atomic E-state index is 0.109. The maximum absolute atomic E-state index is 12.8. The summed E-state index contributed by atoms with van der Waals surface area (Å²) < 4.78 is 69.7. The summed E-state index contributed by atoms with van der Waals surface area (Å²) in [6.45, 7) is 1.72. The standard InChI is InChI=1S/C13H17F3N2O3S/c1-2-12(7-22(19,20)21)6-10(17)9-5-8(13(14,15)16)3-4-11(9)18-12/h3-5,10,18H,2,6-7,17H2,1H3,(H,19,20,21)/t10-,12+/m0/s1. The van der Waals surface area contributed by atoms with E-state index in [-0.39, 0.29) is 12.0 Å². The van der Waals surface area contributed by atoms with E-state index >= 15 is 0 Å². The third kappa shape index (κ3) is 3.53. The van der Waals surface area contributed by atoms with Gasteiger partial charge >= 0.3 is 6.18 Å². The number of nitrogens with one attached hydrogen (secondary N) is 1. The van der Waals surface area contributed by atoms with Crippen molar-refractivity contribution >= 4 is 15.8 Å². The Labute approximate surface area is 126 Å². The zero-order valence-electron chi connectivity index (χ0n) is 11.8. The van der Waals surface area contributed by atoms with Crippen LogP contribution in [0.25, 0.3) is 0 Å². The van der Waals surface area contributed by atoms with E-state index in [2.05, 4.69) is 5.32 Å². The van der Waals surface area contributed by atoms with Crippen molar-refractivity contribution in [2.45, 2.75) is 37.5 Å². The van der Waals surface area contributed by atoms with E-state index in [1.165, 1.54) is 6.07 Å². The number of nitrogens with two attached hydrogens (primary N) is 1. The fourth-order valence-electron chi connectivity index (χ4n) is 2.81. The molecule has 0 aliphatic carbocycles. The van der Waals surface area contributed by atoms with Crippen molar-refractivity contribution in [2.24, 2.45) is 5.73 Å². The Kier molecular flexibility index (Phi) is 4.18. The first-order chi connectivity index (χ1) is 9.96. The van der Waals surface area contributed by atoms with Crippen LogP contribution in [-0.4, -0.2) is 24.3 Å². The molecule has 124 valence electrons. The molecule has 1 aliphatic heterocycles. The maximum atomic E-state index is 12.8. The summed E-state index contributed by atoms with van der Waals surface area (Å²) in [5.41, 5.74) is 4.79. The molecule has 5 nitrogen and oxygen atoms in total. The lowest BCUT2D eigenvalue weighted by Gasteiger charge is -2.41. The number of benzene rings is 1. The summed E-state index contributed by atoms with van der Waals surface area (Å²) in [5, 5.41) is 2.94. The van der Waals surface area contributed by atoms with Crippen LogP contribution in [0.5, 0.6) is 0 Å². The highest BCUT2D eigenvalue weighted by Crippen LogP contribution is 2.41. The van der Waals surface area contributed by atoms with Crippen LogP contribution in [0.3, 0.4) is 0 Å². The van der Waals surface area contributed by atoms with Crippen LogP contribution in [-0.2, 0) is 16.3 Å². The first-order valence-corrected chi connectivity index (χ1v) is 8.27. The van der Waals surface area contributed by atoms with E-state index in [0.717, 1.165) is 12.1 Å². The van der Waals surface area contributed by atoms with Crippen LogP contribution in [0, 0.1) is 0 Å². The monoisotopic (exact) mass is 338 g/mol. The minimum atomic E-state index is -4.47. The van der Waals surface area contributed by atoms with E-state index in [9.17, 15) is 21.6 Å². The number of anilines is 1. The predicted molar refractivity (Wildman–Crippen MR) is 76.0 cm³/mol. The quantitative estimate of drug-likeness (QED) is 0.737. The van der Waals surface area contributed by atoms with Crippen molar-refractivity contribution in [2.75, 3.05) is 11.1 Å². The molecule has 2 rings (SSSR count). The molecular formula is C13H17F3N2O3S. The molecule has 22 heavy (non-hydrogen) atoms. The van der Waals surface area contributed by atoms with Crippen molar-refractivity contribution < 1.29 is 26.1 Å². The first kappa shape index (κ1) is 17.0. The number of fused-ring (bicyclic) bond motifs is 1. The molecule has 0 amide bonds. The highest BCUT2D eigenvalue weighted by Gasteiger charge is 2.40. The molecule has 1 aromatic carbocycles. The molecule has 4 N–H and O–H groups in total. The fourth-order valence-corrected chi connectivity index (χ4v) is 3.90. The van der Waals surface area contributed by atoms with Crippen LogP contribution < -0.4 is 11.1 Å². The topological polar surface area (TPSA) is 92.4 Å². The van der Waals surface area contributed by atoms with Crippen LogP contribution in [0.1, 0.15) is 36.9 Å². The Hall–Kier alpha value is -1.32. The molecule has 1 heterocycles. The molecule has 0 saturated heterocycles. The highest BCUT2D eigenvalue weighted by atomic mass is 32.2. The third-order valence-corrected chi connectivity index (χ3v) is 4.84. The lowest BCUT2D eigenvalue weighted by Crippen LogP contribution is -2.49. The van der Waals surface area contributed by atoms with E-state index in [0.29, 0.717) is 12.1 Å². The number of hydrogen-bond acceptors (Lipinski definition) is 4. The average molecular weight is 338 g/mol. The lowest BCUT2D eigenvalue weighted by molar-refractivity contribution is -0.137. The summed E-state index contributed by atoms with van der Waals surface area (Å²) in [7, 11) is -4.25. The molecule has 1 aliphatic rings. The summed E-state index contributed by atoms with van der Waals surface area (Å²) in [4.78, 5) is 0. The molecule has 0 aromatic heterocycles. The van der Waals surface area contributed by atoms with Gasteiger partial charge in [-0.1, -0.05) is 6.92 Å². The van der Waals surface area contributed by atoms with Crippen LogP contribution in [0.4, 0.5) is 18.9 Å². The molecule has 9 heteroatoms. The van der Waals surface area contributed by atoms with Gasteiger partial charge in [-0.25, -0.2) is 0 Å². The highest BCUT2D eigenvalue weighted by molar-refractivity contribution is 7.85. The molecular weight excluding hydrogens is 321 g/mol. The van der Waals surface area contributed by atoms with E-state index in [1.54, 1.807) is 6.92 Å². The second-order valence-corrected chi connectivity index (χ2v) is 7.05. The van der Waals surface area contributed by atoms with Crippen molar-refractivity contribution in [3.63, 3.8) is 0 Å². The normalized spacial score (nSPS) is 25.5. The Morgan fingerprint density at radius 1 is 1.45 bits per heavy atom. The van der Waals surface area contributed by atoms with Gasteiger partial charge in [-0.2, -0.15) is 21.6 Å². The van der Waals surface area contributed by atoms with E-state index < -0.39 is 39.2 Å². The smallest absolute Gasteiger partial charge is 0.378 e. The Balaban J connectivity index is 2.42. The molecule has 0 radical (unpaired) electrons. The number of hydrogen-bond donors (Lipinski definition) is 3. The number of alkyl halides is 3. The lowest BCUT2D eigenvalue weighted by atomic mass is 9.82. The Morgan fingerprint density at radius 2 is 2.09 bits per heavy atom. The van der Waals surface area contributed by atoms with Gasteiger partial charge in [0.2, 0.25) is 0 Å². The van der Waals surface area contributed by atoms with Crippen molar-refractivity contribution in [1.82, 2.24) is 0 Å². The predicted octanol–water partition coefficient (Wildman–Crippen LogP) is 2.56. The number of rotatable bonds is 3. The fraction of sp³-hybridized carbons (Fsp3) is 0.538. The molecule has 0 unspecified atom stereocenters. The SMILES string of the molecule is CC[C@]1(CS(=O)(=O)O)C[C@H](N)c2cc(C(F)(F)F)ccc2N1. The largest absolute Gasteiger partial charge is 0.416 e. The van der Waals surface area contributed by atoms with Crippen molar-refractivity contribution in [3.05, 3.63) is 29.3 Å². The summed E-state index contributed by atoms with van der Waals surface area (Å²) in [6.07, 6.45) is -4.01. The molecule has 0 bridgehead atoms. The van der Waals surface area contributed by atoms with E-state index in [4.69, 9.17) is 10.3 Å². The van der Waals surface area contributed by atoms with E-state index in [1.807, 2.05) is 0 Å². The summed E-state index contributed by atoms with van der Waals surface area (Å²) in [5.74, 6) is -0.551.